The third-order valence-electron chi connectivity index (χ3n) is 11.5. The first-order valence-electron chi connectivity index (χ1n) is 21.8. The van der Waals surface area contributed by atoms with E-state index in [0.29, 0.717) is 0 Å². The van der Waals surface area contributed by atoms with Gasteiger partial charge in [0.2, 0.25) is 0 Å². The van der Waals surface area contributed by atoms with Crippen LogP contribution in [0.3, 0.4) is 0 Å². The summed E-state index contributed by atoms with van der Waals surface area (Å²) in [6.45, 7) is 29.0. The fourth-order valence-corrected chi connectivity index (χ4v) is 12.7. The van der Waals surface area contributed by atoms with E-state index in [4.69, 9.17) is 23.2 Å². The summed E-state index contributed by atoms with van der Waals surface area (Å²) in [5.41, 5.74) is 16.3. The molecular weight excluding hydrogens is 974 g/mol. The van der Waals surface area contributed by atoms with Gasteiger partial charge in [-0.05, 0) is 39.5 Å². The molecule has 7 heteroatoms. The molecule has 0 saturated carbocycles. The van der Waals surface area contributed by atoms with Crippen LogP contribution in [0.15, 0.2) is 146 Å². The van der Waals surface area contributed by atoms with E-state index in [0.717, 1.165) is 27.6 Å². The quantitative estimate of drug-likeness (QED) is 0.115. The minimum atomic E-state index is -1.54. The van der Waals surface area contributed by atoms with Crippen LogP contribution in [0.25, 0.3) is 33.4 Å². The second-order valence-corrected chi connectivity index (χ2v) is 32.8. The Kier molecular flexibility index (Phi) is 18.2. The Balaban J connectivity index is 0.000000321. The minimum Gasteiger partial charge on any atom is -1.00 e. The average molecular weight is 1040 g/mol. The smallest absolute Gasteiger partial charge is 0.172 e. The Morgan fingerprint density at radius 3 is 1.45 bits per heavy atom. The zero-order valence-corrected chi connectivity index (χ0v) is 47.1. The molecule has 7 aromatic carbocycles. The van der Waals surface area contributed by atoms with Gasteiger partial charge in [-0.1, -0.05) is 169 Å². The van der Waals surface area contributed by atoms with Crippen LogP contribution in [-0.4, -0.2) is 19.4 Å². The number of rotatable bonds is 6. The Labute approximate surface area is 424 Å². The topological polar surface area (TPSA) is 0 Å². The molecule has 8 rings (SSSR count). The van der Waals surface area contributed by atoms with E-state index in [2.05, 4.69) is 166 Å². The van der Waals surface area contributed by atoms with Crippen LogP contribution in [0, 0.1) is 6.07 Å². The van der Waals surface area contributed by atoms with Gasteiger partial charge in [-0.3, -0.25) is 0 Å². The van der Waals surface area contributed by atoms with Gasteiger partial charge < -0.3 is 24.8 Å². The van der Waals surface area contributed by atoms with Crippen LogP contribution in [0.1, 0.15) is 74.9 Å². The normalized spacial score (nSPS) is 12.0. The van der Waals surface area contributed by atoms with Crippen LogP contribution in [0.4, 0.5) is 0 Å². The molecular formula is C57H62Cl4Si2Zr-2. The van der Waals surface area contributed by atoms with Gasteiger partial charge in [0.15, 0.2) is 0 Å². The van der Waals surface area contributed by atoms with Gasteiger partial charge in [-0.25, -0.2) is 12.1 Å². The SMILES string of the molecule is CC(C)(C)c1cc2c([c-]c1-c1ccccc1[Si](C)(C)C)Cc1cc(-c3ccccc3[Si](C)(C)C)c(C(C)(C)C)cc1-2.Clc1cccc([C](=[Zr+2])c2cccc(Cl)c2)c1.[Cl-].[Cl-].c1cc[cH-]c1. The van der Waals surface area contributed by atoms with Gasteiger partial charge in [0.25, 0.3) is 0 Å². The van der Waals surface area contributed by atoms with E-state index >= 15 is 0 Å². The summed E-state index contributed by atoms with van der Waals surface area (Å²) in [5.74, 6) is 0. The maximum absolute atomic E-state index is 5.98. The molecule has 0 aliphatic heterocycles. The molecule has 1 aliphatic carbocycles. The van der Waals surface area contributed by atoms with Gasteiger partial charge in [0.05, 0.1) is 16.1 Å². The van der Waals surface area contributed by atoms with Crippen molar-refractivity contribution in [2.24, 2.45) is 0 Å². The molecule has 7 aromatic rings. The van der Waals surface area contributed by atoms with Crippen LogP contribution in [0.5, 0.6) is 0 Å². The van der Waals surface area contributed by atoms with Crippen LogP contribution in [0.2, 0.25) is 49.3 Å². The summed E-state index contributed by atoms with van der Waals surface area (Å²) >= 11 is 13.3. The third-order valence-corrected chi connectivity index (χ3v) is 17.5. The first-order chi connectivity index (χ1) is 29.0. The standard InChI is InChI=1S/C39H49Si2.C13H8Cl2.C5H5.2ClH.Zr/c1-38(2,3)34-24-30-26(22-32(34)28-17-13-15-19-36(28)40(7,8)9)21-27-23-33(35(25-31(27)30)39(4,5)6)29-18-14-16-20-37(29)41(10,11)12;14-12-5-1-3-10(8-12)7-11-4-2-6-13(15)9-11;1-2-4-5-3-1;;;/h13-20,22,24-25H,21H2,1-12H3;1-6,8-9H;1-5H;2*1H;/q-1;;-1;;;+2/p-2. The van der Waals surface area contributed by atoms with Gasteiger partial charge in [-0.2, -0.15) is 18.2 Å². The predicted octanol–water partition coefficient (Wildman–Crippen LogP) is 9.60. The van der Waals surface area contributed by atoms with Gasteiger partial charge >= 0.3 is 120 Å². The fraction of sp³-hybridized carbons (Fsp3) is 0.263. The number of fused-ring (bicyclic) bond motifs is 3. The van der Waals surface area contributed by atoms with Gasteiger partial charge in [-0.15, -0.1) is 28.8 Å². The van der Waals surface area contributed by atoms with E-state index < -0.39 is 16.1 Å². The van der Waals surface area contributed by atoms with E-state index in [9.17, 15) is 0 Å². The Morgan fingerprint density at radius 2 is 1.00 bits per heavy atom. The molecule has 1 aliphatic rings. The molecule has 0 atom stereocenters. The zero-order chi connectivity index (χ0) is 45.2. The number of hydrogen-bond acceptors (Lipinski definition) is 0. The average Bonchev–Trinajstić information content (AvgIpc) is 3.91. The van der Waals surface area contributed by atoms with Crippen molar-refractivity contribution in [2.45, 2.75) is 98.1 Å². The van der Waals surface area contributed by atoms with E-state index in [-0.39, 0.29) is 35.6 Å². The molecule has 0 radical (unpaired) electrons. The number of benzene rings is 6. The van der Waals surface area contributed by atoms with Crippen LogP contribution in [-0.2, 0) is 41.5 Å². The largest absolute Gasteiger partial charge is 1.00 e. The number of halogens is 4. The minimum absolute atomic E-state index is 0. The zero-order valence-electron chi connectivity index (χ0n) is 39.6. The Bertz CT molecular complexity index is 2500. The summed E-state index contributed by atoms with van der Waals surface area (Å²) in [6.07, 6.45) is 0.948. The predicted molar refractivity (Wildman–Crippen MR) is 276 cm³/mol. The van der Waals surface area contributed by atoms with E-state index in [1.807, 2.05) is 66.7 Å². The van der Waals surface area contributed by atoms with Gasteiger partial charge in [0, 0.05) is 0 Å². The van der Waals surface area contributed by atoms with Crippen molar-refractivity contribution in [1.29, 1.82) is 0 Å². The van der Waals surface area contributed by atoms with Crippen molar-refractivity contribution in [3.63, 3.8) is 0 Å². The van der Waals surface area contributed by atoms with Gasteiger partial charge in [0.1, 0.15) is 0 Å². The first-order valence-corrected chi connectivity index (χ1v) is 30.8. The fourth-order valence-electron chi connectivity index (χ4n) is 8.35. The van der Waals surface area contributed by atoms with E-state index in [1.165, 1.54) is 88.3 Å². The number of hydrogen-bond donors (Lipinski definition) is 0. The summed E-state index contributed by atoms with van der Waals surface area (Å²) in [5, 5.41) is 4.60. The molecule has 0 spiro atoms. The maximum Gasteiger partial charge on any atom is -0.172 e. The van der Waals surface area contributed by atoms with E-state index in [1.54, 1.807) is 5.19 Å². The van der Waals surface area contributed by atoms with Crippen molar-refractivity contribution in [2.75, 3.05) is 0 Å². The first kappa shape index (κ1) is 53.6. The Morgan fingerprint density at radius 1 is 0.531 bits per heavy atom. The van der Waals surface area contributed by atoms with Crippen molar-refractivity contribution >= 4 is 52.9 Å². The second-order valence-electron chi connectivity index (χ2n) is 20.6. The monoisotopic (exact) mass is 1030 g/mol. The maximum atomic E-state index is 5.98. The molecule has 0 aromatic heterocycles. The molecule has 0 unspecified atom stereocenters. The molecule has 0 heterocycles. The van der Waals surface area contributed by atoms with Crippen LogP contribution < -0.4 is 35.2 Å². The summed E-state index contributed by atoms with van der Waals surface area (Å²) in [4.78, 5) is 0. The molecule has 0 saturated heterocycles. The molecule has 64 heavy (non-hydrogen) atoms. The molecule has 332 valence electrons. The molecule has 0 fully saturated rings. The van der Waals surface area contributed by atoms with Crippen molar-refractivity contribution in [3.05, 3.63) is 195 Å². The van der Waals surface area contributed by atoms with Crippen molar-refractivity contribution < 1.29 is 49.0 Å². The summed E-state index contributed by atoms with van der Waals surface area (Å²) in [7, 11) is -3.07. The third kappa shape index (κ3) is 12.9. The molecule has 0 N–H and O–H groups in total. The summed E-state index contributed by atoms with van der Waals surface area (Å²) < 4.78 is 1.26. The van der Waals surface area contributed by atoms with Crippen molar-refractivity contribution in [1.82, 2.24) is 0 Å². The summed E-state index contributed by atoms with van der Waals surface area (Å²) in [6, 6.07) is 55.7. The van der Waals surface area contributed by atoms with Crippen molar-refractivity contribution in [3.8, 4) is 33.4 Å². The Hall–Kier alpha value is -2.98. The molecule has 0 bridgehead atoms. The van der Waals surface area contributed by atoms with Crippen LogP contribution >= 0.6 is 23.2 Å². The molecule has 0 nitrogen and oxygen atoms in total. The second kappa shape index (κ2) is 21.8. The molecule has 0 amide bonds.